The van der Waals surface area contributed by atoms with E-state index in [1.54, 1.807) is 10.9 Å². The molecule has 0 saturated heterocycles. The fraction of sp³-hybridized carbons (Fsp3) is 0.263. The molecule has 0 spiro atoms. The summed E-state index contributed by atoms with van der Waals surface area (Å²) >= 11 is 7.22. The molecule has 138 valence electrons. The van der Waals surface area contributed by atoms with Crippen LogP contribution in [0.3, 0.4) is 0 Å². The van der Waals surface area contributed by atoms with E-state index in [0.29, 0.717) is 28.3 Å². The van der Waals surface area contributed by atoms with Crippen molar-refractivity contribution in [1.82, 2.24) is 23.7 Å². The van der Waals surface area contributed by atoms with E-state index in [-0.39, 0.29) is 5.56 Å². The van der Waals surface area contributed by atoms with Crippen LogP contribution in [0.4, 0.5) is 0 Å². The molecule has 0 aliphatic rings. The summed E-state index contributed by atoms with van der Waals surface area (Å²) in [5.74, 6) is 0. The van der Waals surface area contributed by atoms with Gasteiger partial charge in [0.1, 0.15) is 0 Å². The average molecular weight is 400 g/mol. The number of halogens is 1. The molecule has 0 fully saturated rings. The number of hydrogen-bond acceptors (Lipinski definition) is 5. The Hall–Kier alpha value is -2.51. The molecule has 3 heterocycles. The summed E-state index contributed by atoms with van der Waals surface area (Å²) in [6.07, 6.45) is 1.59. The predicted molar refractivity (Wildman–Crippen MR) is 108 cm³/mol. The monoisotopic (exact) mass is 399 g/mol. The molecular formula is C19H18ClN5OS. The molecule has 0 aliphatic heterocycles. The van der Waals surface area contributed by atoms with Crippen molar-refractivity contribution in [1.29, 1.82) is 0 Å². The minimum absolute atomic E-state index is 0.0597. The fourth-order valence-corrected chi connectivity index (χ4v) is 4.03. The van der Waals surface area contributed by atoms with Crippen LogP contribution < -0.4 is 5.56 Å². The van der Waals surface area contributed by atoms with E-state index in [1.165, 1.54) is 11.5 Å². The van der Waals surface area contributed by atoms with Crippen LogP contribution in [-0.2, 0) is 13.1 Å². The highest BCUT2D eigenvalue weighted by molar-refractivity contribution is 7.12. The quantitative estimate of drug-likeness (QED) is 0.524. The van der Waals surface area contributed by atoms with Crippen LogP contribution in [0.15, 0.2) is 35.4 Å². The lowest BCUT2D eigenvalue weighted by Gasteiger charge is -2.08. The Labute approximate surface area is 165 Å². The van der Waals surface area contributed by atoms with Gasteiger partial charge in [0.15, 0.2) is 4.83 Å². The molecule has 3 aromatic heterocycles. The highest BCUT2D eigenvalue weighted by Gasteiger charge is 2.15. The average Bonchev–Trinajstić information content (AvgIpc) is 3.14. The first-order chi connectivity index (χ1) is 12.9. The van der Waals surface area contributed by atoms with E-state index in [4.69, 9.17) is 11.6 Å². The normalized spacial score (nSPS) is 11.4. The fourth-order valence-electron chi connectivity index (χ4n) is 3.17. The van der Waals surface area contributed by atoms with Crippen molar-refractivity contribution >= 4 is 33.4 Å². The van der Waals surface area contributed by atoms with Crippen LogP contribution in [0.2, 0.25) is 5.02 Å². The largest absolute Gasteiger partial charge is 0.294 e. The molecule has 0 bridgehead atoms. The van der Waals surface area contributed by atoms with Gasteiger partial charge in [-0.1, -0.05) is 23.7 Å². The topological polar surface area (TPSA) is 65.6 Å². The highest BCUT2D eigenvalue weighted by Crippen LogP contribution is 2.19. The number of hydrogen-bond donors (Lipinski definition) is 0. The van der Waals surface area contributed by atoms with Crippen molar-refractivity contribution in [2.24, 2.45) is 0 Å². The van der Waals surface area contributed by atoms with Crippen LogP contribution in [0.1, 0.15) is 28.2 Å². The molecule has 0 unspecified atom stereocenters. The Morgan fingerprint density at radius 1 is 1.07 bits per heavy atom. The number of benzene rings is 1. The van der Waals surface area contributed by atoms with E-state index in [9.17, 15) is 4.79 Å². The van der Waals surface area contributed by atoms with Crippen molar-refractivity contribution in [2.75, 3.05) is 0 Å². The van der Waals surface area contributed by atoms with E-state index in [0.717, 1.165) is 28.2 Å². The predicted octanol–water partition coefficient (Wildman–Crippen LogP) is 3.72. The Kier molecular flexibility index (Phi) is 4.57. The van der Waals surface area contributed by atoms with Gasteiger partial charge < -0.3 is 0 Å². The van der Waals surface area contributed by atoms with Crippen molar-refractivity contribution < 1.29 is 0 Å². The lowest BCUT2D eigenvalue weighted by molar-refractivity contribution is 0.656. The summed E-state index contributed by atoms with van der Waals surface area (Å²) in [4.78, 5) is 17.9. The standard InChI is InChI=1S/C19H18ClN5OS/c1-11-16(9-24-10-21-18-17(19(24)26)12(2)23-27-18)13(3)25(22-11)8-14-4-6-15(20)7-5-14/h4-7,10H,8-9H2,1-3H3. The molecule has 0 radical (unpaired) electrons. The van der Waals surface area contributed by atoms with Gasteiger partial charge in [-0.2, -0.15) is 9.47 Å². The lowest BCUT2D eigenvalue weighted by Crippen LogP contribution is -2.21. The van der Waals surface area contributed by atoms with Gasteiger partial charge in [-0.3, -0.25) is 14.0 Å². The molecule has 0 N–H and O–H groups in total. The molecule has 27 heavy (non-hydrogen) atoms. The number of nitrogens with zero attached hydrogens (tertiary/aromatic N) is 5. The van der Waals surface area contributed by atoms with Crippen LogP contribution in [0.5, 0.6) is 0 Å². The zero-order valence-corrected chi connectivity index (χ0v) is 16.8. The number of aromatic nitrogens is 5. The van der Waals surface area contributed by atoms with E-state index in [2.05, 4.69) is 14.5 Å². The Morgan fingerprint density at radius 3 is 2.56 bits per heavy atom. The van der Waals surface area contributed by atoms with Gasteiger partial charge in [0, 0.05) is 16.3 Å². The van der Waals surface area contributed by atoms with Crippen LogP contribution in [-0.4, -0.2) is 23.7 Å². The molecule has 8 heteroatoms. The molecule has 4 rings (SSSR count). The number of fused-ring (bicyclic) bond motifs is 1. The minimum Gasteiger partial charge on any atom is -0.294 e. The van der Waals surface area contributed by atoms with Crippen molar-refractivity contribution in [2.45, 2.75) is 33.9 Å². The summed E-state index contributed by atoms with van der Waals surface area (Å²) in [5.41, 5.74) is 4.78. The Morgan fingerprint density at radius 2 is 1.81 bits per heavy atom. The van der Waals surface area contributed by atoms with Crippen LogP contribution in [0, 0.1) is 20.8 Å². The second kappa shape index (κ2) is 6.90. The highest BCUT2D eigenvalue weighted by atomic mass is 35.5. The Bertz CT molecular complexity index is 1190. The molecule has 0 saturated carbocycles. The van der Waals surface area contributed by atoms with Gasteiger partial charge in [-0.05, 0) is 50.0 Å². The smallest absolute Gasteiger partial charge is 0.264 e. The summed E-state index contributed by atoms with van der Waals surface area (Å²) in [6, 6.07) is 7.74. The molecule has 4 aromatic rings. The molecule has 1 aromatic carbocycles. The third-order valence-electron chi connectivity index (χ3n) is 4.74. The Balaban J connectivity index is 1.68. The van der Waals surface area contributed by atoms with Gasteiger partial charge in [0.25, 0.3) is 5.56 Å². The second-order valence-corrected chi connectivity index (χ2v) is 7.75. The van der Waals surface area contributed by atoms with Crippen LogP contribution >= 0.6 is 23.1 Å². The molecule has 0 amide bonds. The van der Waals surface area contributed by atoms with E-state index in [1.807, 2.05) is 49.7 Å². The van der Waals surface area contributed by atoms with Gasteiger partial charge in [-0.15, -0.1) is 0 Å². The first-order valence-electron chi connectivity index (χ1n) is 8.53. The summed E-state index contributed by atoms with van der Waals surface area (Å²) in [6.45, 7) is 6.93. The maximum absolute atomic E-state index is 12.8. The second-order valence-electron chi connectivity index (χ2n) is 6.56. The minimum atomic E-state index is -0.0597. The van der Waals surface area contributed by atoms with E-state index >= 15 is 0 Å². The summed E-state index contributed by atoms with van der Waals surface area (Å²) < 4.78 is 7.83. The van der Waals surface area contributed by atoms with Crippen molar-refractivity contribution in [3.05, 3.63) is 74.2 Å². The lowest BCUT2D eigenvalue weighted by atomic mass is 10.2. The zero-order valence-electron chi connectivity index (χ0n) is 15.2. The van der Waals surface area contributed by atoms with E-state index < -0.39 is 0 Å². The molecule has 0 aliphatic carbocycles. The van der Waals surface area contributed by atoms with Crippen molar-refractivity contribution in [3.63, 3.8) is 0 Å². The first-order valence-corrected chi connectivity index (χ1v) is 9.68. The van der Waals surface area contributed by atoms with Gasteiger partial charge in [-0.25, -0.2) is 4.98 Å². The van der Waals surface area contributed by atoms with Gasteiger partial charge in [0.05, 0.1) is 36.2 Å². The zero-order chi connectivity index (χ0) is 19.1. The van der Waals surface area contributed by atoms with Crippen molar-refractivity contribution in [3.8, 4) is 0 Å². The SMILES string of the molecule is Cc1nn(Cc2ccc(Cl)cc2)c(C)c1Cn1cnc2snc(C)c2c1=O. The maximum Gasteiger partial charge on any atom is 0.264 e. The first kappa shape index (κ1) is 17.9. The summed E-state index contributed by atoms with van der Waals surface area (Å²) in [5, 5.41) is 5.98. The number of rotatable bonds is 4. The van der Waals surface area contributed by atoms with Crippen LogP contribution in [0.25, 0.3) is 10.2 Å². The number of aryl methyl sites for hydroxylation is 2. The summed E-state index contributed by atoms with van der Waals surface area (Å²) in [7, 11) is 0. The third-order valence-corrected chi connectivity index (χ3v) is 5.84. The third kappa shape index (κ3) is 3.28. The molecular weight excluding hydrogens is 382 g/mol. The molecule has 6 nitrogen and oxygen atoms in total. The van der Waals surface area contributed by atoms with Gasteiger partial charge in [0.2, 0.25) is 0 Å². The van der Waals surface area contributed by atoms with Gasteiger partial charge >= 0.3 is 0 Å². The molecule has 0 atom stereocenters. The maximum atomic E-state index is 12.8.